The molecule has 0 aliphatic carbocycles. The van der Waals surface area contributed by atoms with Gasteiger partial charge in [0.25, 0.3) is 5.91 Å². The van der Waals surface area contributed by atoms with Gasteiger partial charge in [0.15, 0.2) is 5.96 Å². The van der Waals surface area contributed by atoms with Crippen molar-refractivity contribution in [3.63, 3.8) is 0 Å². The van der Waals surface area contributed by atoms with Crippen LogP contribution in [0.15, 0.2) is 23.2 Å². The van der Waals surface area contributed by atoms with E-state index >= 15 is 0 Å². The van der Waals surface area contributed by atoms with Crippen LogP contribution < -0.4 is 16.8 Å². The third-order valence-corrected chi connectivity index (χ3v) is 3.22. The Morgan fingerprint density at radius 2 is 1.91 bits per heavy atom. The number of morpholine rings is 1. The molecule has 0 unspecified atom stereocenters. The fourth-order valence-corrected chi connectivity index (χ4v) is 2.11. The summed E-state index contributed by atoms with van der Waals surface area (Å²) < 4.78 is 5.18. The van der Waals surface area contributed by atoms with E-state index in [2.05, 4.69) is 10.3 Å². The molecule has 1 aromatic rings. The highest BCUT2D eigenvalue weighted by Crippen LogP contribution is 2.22. The zero-order valence-electron chi connectivity index (χ0n) is 12.1. The number of rotatable bonds is 2. The molecule has 0 saturated carbocycles. The average molecular weight is 362 g/mol. The van der Waals surface area contributed by atoms with Crippen LogP contribution in [0, 0.1) is 0 Å². The number of aliphatic imine (C=N–C) groups is 1. The van der Waals surface area contributed by atoms with E-state index in [4.69, 9.17) is 27.8 Å². The van der Waals surface area contributed by atoms with E-state index in [1.54, 1.807) is 11.0 Å². The SMILES string of the molecule is Cl.NC(N)=NC(=O)c1cc(Cl)ccc1NC(=O)N1CCOCC1. The van der Waals surface area contributed by atoms with Gasteiger partial charge in [-0.3, -0.25) is 4.79 Å². The van der Waals surface area contributed by atoms with E-state index < -0.39 is 5.91 Å². The molecule has 5 N–H and O–H groups in total. The van der Waals surface area contributed by atoms with Crippen molar-refractivity contribution >= 4 is 47.6 Å². The number of urea groups is 1. The third kappa shape index (κ3) is 5.27. The molecular formula is C13H17Cl2N5O3. The first-order valence-corrected chi connectivity index (χ1v) is 6.92. The summed E-state index contributed by atoms with van der Waals surface area (Å²) in [7, 11) is 0. The van der Waals surface area contributed by atoms with Crippen molar-refractivity contribution in [3.05, 3.63) is 28.8 Å². The summed E-state index contributed by atoms with van der Waals surface area (Å²) in [4.78, 5) is 29.2. The molecule has 1 heterocycles. The molecule has 2 rings (SSSR count). The summed E-state index contributed by atoms with van der Waals surface area (Å²) >= 11 is 5.88. The highest BCUT2D eigenvalue weighted by Gasteiger charge is 2.19. The van der Waals surface area contributed by atoms with Gasteiger partial charge in [-0.15, -0.1) is 12.4 Å². The van der Waals surface area contributed by atoms with E-state index in [0.717, 1.165) is 0 Å². The molecule has 8 nitrogen and oxygen atoms in total. The topological polar surface area (TPSA) is 123 Å². The minimum Gasteiger partial charge on any atom is -0.378 e. The average Bonchev–Trinajstić information content (AvgIpc) is 2.49. The van der Waals surface area contributed by atoms with Crippen molar-refractivity contribution in [1.82, 2.24) is 4.90 Å². The number of benzene rings is 1. The number of nitrogens with two attached hydrogens (primary N) is 2. The molecule has 1 aliphatic rings. The molecule has 0 spiro atoms. The minimum absolute atomic E-state index is 0. The van der Waals surface area contributed by atoms with Gasteiger partial charge in [0.2, 0.25) is 0 Å². The Hall–Kier alpha value is -2.03. The monoisotopic (exact) mass is 361 g/mol. The number of halogens is 2. The van der Waals surface area contributed by atoms with Crippen molar-refractivity contribution in [3.8, 4) is 0 Å². The van der Waals surface area contributed by atoms with Gasteiger partial charge < -0.3 is 26.4 Å². The molecule has 1 fully saturated rings. The Kier molecular flexibility index (Phi) is 7.08. The molecule has 0 radical (unpaired) electrons. The van der Waals surface area contributed by atoms with Crippen LogP contribution in [0.5, 0.6) is 0 Å². The second-order valence-corrected chi connectivity index (χ2v) is 5.00. The second-order valence-electron chi connectivity index (χ2n) is 4.56. The number of ether oxygens (including phenoxy) is 1. The van der Waals surface area contributed by atoms with Crippen LogP contribution in [0.1, 0.15) is 10.4 Å². The maximum absolute atomic E-state index is 12.2. The summed E-state index contributed by atoms with van der Waals surface area (Å²) in [6.45, 7) is 1.93. The summed E-state index contributed by atoms with van der Waals surface area (Å²) in [6, 6.07) is 4.15. The lowest BCUT2D eigenvalue weighted by Crippen LogP contribution is -2.43. The molecule has 10 heteroatoms. The standard InChI is InChI=1S/C13H16ClN5O3.ClH/c14-8-1-2-10(9(7-8)11(20)18-12(15)16)17-13(21)19-3-5-22-6-4-19;/h1-2,7H,3-6H2,(H,17,21)(H4,15,16,18,20);1H. The van der Waals surface area contributed by atoms with Crippen LogP contribution >= 0.6 is 24.0 Å². The van der Waals surface area contributed by atoms with Crippen LogP contribution in [-0.4, -0.2) is 49.1 Å². The summed E-state index contributed by atoms with van der Waals surface area (Å²) in [5, 5.41) is 2.99. The van der Waals surface area contributed by atoms with Gasteiger partial charge in [-0.25, -0.2) is 4.79 Å². The Morgan fingerprint density at radius 1 is 1.26 bits per heavy atom. The first-order valence-electron chi connectivity index (χ1n) is 6.54. The lowest BCUT2D eigenvalue weighted by Gasteiger charge is -2.27. The smallest absolute Gasteiger partial charge is 0.322 e. The lowest BCUT2D eigenvalue weighted by molar-refractivity contribution is 0.0564. The van der Waals surface area contributed by atoms with E-state index in [1.165, 1.54) is 12.1 Å². The van der Waals surface area contributed by atoms with E-state index in [9.17, 15) is 9.59 Å². The predicted molar refractivity (Wildman–Crippen MR) is 90.3 cm³/mol. The summed E-state index contributed by atoms with van der Waals surface area (Å²) in [5.74, 6) is -1.05. The summed E-state index contributed by atoms with van der Waals surface area (Å²) in [6.07, 6.45) is 0. The molecule has 1 saturated heterocycles. The van der Waals surface area contributed by atoms with Crippen LogP contribution in [0.2, 0.25) is 5.02 Å². The molecule has 3 amide bonds. The number of nitrogens with one attached hydrogen (secondary N) is 1. The predicted octanol–water partition coefficient (Wildman–Crippen LogP) is 1.04. The number of nitrogens with zero attached hydrogens (tertiary/aromatic N) is 2. The van der Waals surface area contributed by atoms with Crippen molar-refractivity contribution in [2.24, 2.45) is 16.5 Å². The fourth-order valence-electron chi connectivity index (χ4n) is 1.94. The van der Waals surface area contributed by atoms with Gasteiger partial charge in [-0.2, -0.15) is 4.99 Å². The number of guanidine groups is 1. The van der Waals surface area contributed by atoms with Crippen molar-refractivity contribution in [2.45, 2.75) is 0 Å². The first-order chi connectivity index (χ1) is 10.5. The molecule has 0 aromatic heterocycles. The number of hydrogen-bond donors (Lipinski definition) is 3. The normalized spacial score (nSPS) is 13.7. The largest absolute Gasteiger partial charge is 0.378 e. The zero-order chi connectivity index (χ0) is 16.1. The number of amides is 3. The van der Waals surface area contributed by atoms with Gasteiger partial charge in [0.1, 0.15) is 0 Å². The van der Waals surface area contributed by atoms with Gasteiger partial charge >= 0.3 is 6.03 Å². The fraction of sp³-hybridized carbons (Fsp3) is 0.308. The first kappa shape index (κ1) is 19.0. The van der Waals surface area contributed by atoms with Crippen molar-refractivity contribution in [1.29, 1.82) is 0 Å². The molecule has 0 atom stereocenters. The van der Waals surface area contributed by atoms with Crippen LogP contribution in [0.25, 0.3) is 0 Å². The highest BCUT2D eigenvalue weighted by molar-refractivity contribution is 6.31. The summed E-state index contributed by atoms with van der Waals surface area (Å²) in [5.41, 5.74) is 10.8. The number of hydrogen-bond acceptors (Lipinski definition) is 3. The Balaban J connectivity index is 0.00000264. The van der Waals surface area contributed by atoms with Crippen LogP contribution in [0.3, 0.4) is 0 Å². The maximum Gasteiger partial charge on any atom is 0.322 e. The molecule has 126 valence electrons. The van der Waals surface area contributed by atoms with E-state index in [-0.39, 0.29) is 35.6 Å². The quantitative estimate of drug-likeness (QED) is 0.536. The van der Waals surface area contributed by atoms with Crippen LogP contribution in [0.4, 0.5) is 10.5 Å². The highest BCUT2D eigenvalue weighted by atomic mass is 35.5. The minimum atomic E-state index is -0.681. The number of carbonyl (C=O) groups excluding carboxylic acids is 2. The van der Waals surface area contributed by atoms with Crippen LogP contribution in [-0.2, 0) is 4.74 Å². The molecule has 0 bridgehead atoms. The maximum atomic E-state index is 12.2. The number of carbonyl (C=O) groups is 2. The van der Waals surface area contributed by atoms with Gasteiger partial charge in [-0.05, 0) is 18.2 Å². The molecular weight excluding hydrogens is 345 g/mol. The Labute approximate surface area is 144 Å². The van der Waals surface area contributed by atoms with Gasteiger partial charge in [0, 0.05) is 18.1 Å². The second kappa shape index (κ2) is 8.56. The molecule has 1 aliphatic heterocycles. The van der Waals surface area contributed by atoms with Crippen molar-refractivity contribution < 1.29 is 14.3 Å². The Bertz CT molecular complexity index is 614. The van der Waals surface area contributed by atoms with Gasteiger partial charge in [-0.1, -0.05) is 11.6 Å². The lowest BCUT2D eigenvalue weighted by atomic mass is 10.1. The number of anilines is 1. The Morgan fingerprint density at radius 3 is 2.52 bits per heavy atom. The zero-order valence-corrected chi connectivity index (χ0v) is 13.7. The van der Waals surface area contributed by atoms with Crippen molar-refractivity contribution in [2.75, 3.05) is 31.6 Å². The van der Waals surface area contributed by atoms with E-state index in [1.807, 2.05) is 0 Å². The molecule has 1 aromatic carbocycles. The van der Waals surface area contributed by atoms with E-state index in [0.29, 0.717) is 31.3 Å². The van der Waals surface area contributed by atoms with Gasteiger partial charge in [0.05, 0.1) is 24.5 Å². The molecule has 23 heavy (non-hydrogen) atoms. The third-order valence-electron chi connectivity index (χ3n) is 2.98.